The van der Waals surface area contributed by atoms with Gasteiger partial charge in [-0.25, -0.2) is 9.38 Å². The van der Waals surface area contributed by atoms with Gasteiger partial charge in [0.1, 0.15) is 17.1 Å². The van der Waals surface area contributed by atoms with Crippen LogP contribution in [0.1, 0.15) is 35.8 Å². The van der Waals surface area contributed by atoms with E-state index in [9.17, 15) is 9.18 Å². The smallest absolute Gasteiger partial charge is 0.282 e. The standard InChI is InChI=1S/C19H19FN4O2/c1-18(19(7-8-19)11-26-17(21)24-18)13-10-12(5-6-14(13)20)23-16(25)15-4-2-3-9-22-15/h2-6,9-10H,7-8,11H2,1H3,(H2,21,24)(H,23,25)/t18-/m1/s1. The maximum Gasteiger partial charge on any atom is 0.282 e. The lowest BCUT2D eigenvalue weighted by Crippen LogP contribution is -2.43. The lowest BCUT2D eigenvalue weighted by atomic mass is 9.76. The Labute approximate surface area is 150 Å². The lowest BCUT2D eigenvalue weighted by molar-refractivity contribution is 0.102. The Morgan fingerprint density at radius 2 is 2.12 bits per heavy atom. The summed E-state index contributed by atoms with van der Waals surface area (Å²) >= 11 is 0. The average molecular weight is 354 g/mol. The number of anilines is 1. The van der Waals surface area contributed by atoms with Gasteiger partial charge in [-0.05, 0) is 50.1 Å². The second-order valence-electron chi connectivity index (χ2n) is 6.95. The number of nitrogens with two attached hydrogens (primary N) is 1. The van der Waals surface area contributed by atoms with E-state index in [1.165, 1.54) is 12.1 Å². The van der Waals surface area contributed by atoms with Crippen LogP contribution in [0.25, 0.3) is 0 Å². The highest BCUT2D eigenvalue weighted by Crippen LogP contribution is 2.62. The summed E-state index contributed by atoms with van der Waals surface area (Å²) in [7, 11) is 0. The van der Waals surface area contributed by atoms with Gasteiger partial charge < -0.3 is 15.8 Å². The molecule has 134 valence electrons. The van der Waals surface area contributed by atoms with E-state index < -0.39 is 5.54 Å². The monoisotopic (exact) mass is 354 g/mol. The van der Waals surface area contributed by atoms with Crippen molar-refractivity contribution < 1.29 is 13.9 Å². The molecular weight excluding hydrogens is 335 g/mol. The Hall–Kier alpha value is -2.96. The number of amides is 1. The number of rotatable bonds is 3. The van der Waals surface area contributed by atoms with Crippen molar-refractivity contribution in [1.29, 1.82) is 0 Å². The molecule has 6 nitrogen and oxygen atoms in total. The maximum absolute atomic E-state index is 14.7. The zero-order valence-electron chi connectivity index (χ0n) is 14.3. The summed E-state index contributed by atoms with van der Waals surface area (Å²) in [4.78, 5) is 20.8. The first kappa shape index (κ1) is 16.5. The van der Waals surface area contributed by atoms with Crippen molar-refractivity contribution >= 4 is 17.6 Å². The number of aliphatic imine (C=N–C) groups is 1. The van der Waals surface area contributed by atoms with Crippen molar-refractivity contribution in [1.82, 2.24) is 4.98 Å². The zero-order chi connectivity index (χ0) is 18.4. The first-order chi connectivity index (χ1) is 12.4. The molecule has 4 rings (SSSR count). The van der Waals surface area contributed by atoms with Gasteiger partial charge in [0.15, 0.2) is 0 Å². The summed E-state index contributed by atoms with van der Waals surface area (Å²) < 4.78 is 20.1. The molecule has 26 heavy (non-hydrogen) atoms. The second-order valence-corrected chi connectivity index (χ2v) is 6.95. The Bertz CT molecular complexity index is 896. The van der Waals surface area contributed by atoms with Gasteiger partial charge >= 0.3 is 0 Å². The minimum absolute atomic E-state index is 0.0624. The molecular formula is C19H19FN4O2. The number of amidine groups is 1. The number of carbonyl (C=O) groups is 1. The van der Waals surface area contributed by atoms with Gasteiger partial charge in [-0.3, -0.25) is 9.78 Å². The first-order valence-electron chi connectivity index (χ1n) is 8.44. The Morgan fingerprint density at radius 3 is 2.81 bits per heavy atom. The van der Waals surface area contributed by atoms with Gasteiger partial charge in [-0.2, -0.15) is 0 Å². The van der Waals surface area contributed by atoms with Crippen LogP contribution in [-0.2, 0) is 10.3 Å². The van der Waals surface area contributed by atoms with E-state index in [1.807, 2.05) is 6.92 Å². The largest absolute Gasteiger partial charge is 0.465 e. The van der Waals surface area contributed by atoms with Crippen LogP contribution in [0.2, 0.25) is 0 Å². The topological polar surface area (TPSA) is 89.6 Å². The van der Waals surface area contributed by atoms with Gasteiger partial charge in [-0.15, -0.1) is 0 Å². The molecule has 2 aliphatic rings. The highest BCUT2D eigenvalue weighted by Gasteiger charge is 2.61. The third-order valence-electron chi connectivity index (χ3n) is 5.36. The SMILES string of the molecule is C[C@]1(c2cc(NC(=O)c3ccccn3)ccc2F)N=C(N)OCC12CC2. The number of aromatic nitrogens is 1. The third kappa shape index (κ3) is 2.60. The van der Waals surface area contributed by atoms with Crippen molar-refractivity contribution in [3.63, 3.8) is 0 Å². The van der Waals surface area contributed by atoms with Crippen LogP contribution < -0.4 is 11.1 Å². The molecule has 0 radical (unpaired) electrons. The summed E-state index contributed by atoms with van der Waals surface area (Å²) in [5.74, 6) is -0.738. The van der Waals surface area contributed by atoms with Crippen molar-refractivity contribution in [3.8, 4) is 0 Å². The molecule has 1 aromatic heterocycles. The molecule has 1 aliphatic carbocycles. The normalized spacial score (nSPS) is 23.1. The summed E-state index contributed by atoms with van der Waals surface area (Å²) in [6.45, 7) is 2.29. The highest BCUT2D eigenvalue weighted by molar-refractivity contribution is 6.02. The second kappa shape index (κ2) is 5.79. The number of nitrogens with one attached hydrogen (secondary N) is 1. The fourth-order valence-corrected chi connectivity index (χ4v) is 3.52. The highest BCUT2D eigenvalue weighted by atomic mass is 19.1. The van der Waals surface area contributed by atoms with Gasteiger partial charge in [0.2, 0.25) is 0 Å². The fourth-order valence-electron chi connectivity index (χ4n) is 3.52. The van der Waals surface area contributed by atoms with E-state index in [2.05, 4.69) is 15.3 Å². The lowest BCUT2D eigenvalue weighted by Gasteiger charge is -2.38. The predicted octanol–water partition coefficient (Wildman–Crippen LogP) is 2.81. The predicted molar refractivity (Wildman–Crippen MR) is 95.2 cm³/mol. The fraction of sp³-hybridized carbons (Fsp3) is 0.316. The molecule has 1 fully saturated rings. The van der Waals surface area contributed by atoms with Crippen molar-refractivity contribution in [2.24, 2.45) is 16.1 Å². The van der Waals surface area contributed by atoms with Crippen molar-refractivity contribution in [2.75, 3.05) is 11.9 Å². The van der Waals surface area contributed by atoms with Crippen LogP contribution in [0.4, 0.5) is 10.1 Å². The van der Waals surface area contributed by atoms with Crippen LogP contribution >= 0.6 is 0 Å². The summed E-state index contributed by atoms with van der Waals surface area (Å²) in [5.41, 5.74) is 5.86. The zero-order valence-corrected chi connectivity index (χ0v) is 14.3. The van der Waals surface area contributed by atoms with Gasteiger partial charge in [0, 0.05) is 22.9 Å². The average Bonchev–Trinajstić information content (AvgIpc) is 3.42. The van der Waals surface area contributed by atoms with Crippen LogP contribution in [0.15, 0.2) is 47.6 Å². The maximum atomic E-state index is 14.7. The molecule has 2 aromatic rings. The molecule has 0 saturated heterocycles. The molecule has 1 aromatic carbocycles. The van der Waals surface area contributed by atoms with E-state index in [0.29, 0.717) is 17.9 Å². The number of nitrogens with zero attached hydrogens (tertiary/aromatic N) is 2. The number of carbonyl (C=O) groups excluding carboxylic acids is 1. The first-order valence-corrected chi connectivity index (χ1v) is 8.44. The summed E-state index contributed by atoms with van der Waals surface area (Å²) in [5, 5.41) is 2.76. The molecule has 1 atom stereocenters. The van der Waals surface area contributed by atoms with E-state index >= 15 is 0 Å². The minimum atomic E-state index is -0.828. The Morgan fingerprint density at radius 1 is 1.31 bits per heavy atom. The van der Waals surface area contributed by atoms with E-state index in [1.54, 1.807) is 30.5 Å². The van der Waals surface area contributed by atoms with Gasteiger partial charge in [0.05, 0.1) is 6.61 Å². The number of halogens is 1. The van der Waals surface area contributed by atoms with E-state index in [-0.39, 0.29) is 28.9 Å². The van der Waals surface area contributed by atoms with Crippen LogP contribution in [0, 0.1) is 11.2 Å². The van der Waals surface area contributed by atoms with Crippen LogP contribution in [-0.4, -0.2) is 23.5 Å². The van der Waals surface area contributed by atoms with Crippen molar-refractivity contribution in [2.45, 2.75) is 25.3 Å². The Balaban J connectivity index is 1.69. The number of benzene rings is 1. The van der Waals surface area contributed by atoms with Gasteiger partial charge in [0.25, 0.3) is 11.9 Å². The van der Waals surface area contributed by atoms with Crippen molar-refractivity contribution in [3.05, 3.63) is 59.7 Å². The van der Waals surface area contributed by atoms with E-state index in [4.69, 9.17) is 10.5 Å². The number of pyridine rings is 1. The molecule has 1 saturated carbocycles. The number of hydrogen-bond donors (Lipinski definition) is 2. The molecule has 3 N–H and O–H groups in total. The molecule has 1 amide bonds. The number of hydrogen-bond acceptors (Lipinski definition) is 5. The van der Waals surface area contributed by atoms with E-state index in [0.717, 1.165) is 12.8 Å². The molecule has 7 heteroatoms. The summed E-state index contributed by atoms with van der Waals surface area (Å²) in [6, 6.07) is 9.63. The molecule has 1 aliphatic heterocycles. The molecule has 1 spiro atoms. The molecule has 0 unspecified atom stereocenters. The quantitative estimate of drug-likeness (QED) is 0.887. The van der Waals surface area contributed by atoms with Crippen LogP contribution in [0.5, 0.6) is 0 Å². The third-order valence-corrected chi connectivity index (χ3v) is 5.36. The summed E-state index contributed by atoms with van der Waals surface area (Å²) in [6.07, 6.45) is 3.33. The molecule has 0 bridgehead atoms. The Kier molecular flexibility index (Phi) is 3.68. The number of ether oxygens (including phenoxy) is 1. The minimum Gasteiger partial charge on any atom is -0.465 e. The molecule has 2 heterocycles. The van der Waals surface area contributed by atoms with Gasteiger partial charge in [-0.1, -0.05) is 6.07 Å². The van der Waals surface area contributed by atoms with Crippen LogP contribution in [0.3, 0.4) is 0 Å².